The van der Waals surface area contributed by atoms with Crippen molar-refractivity contribution >= 4 is 151 Å². The van der Waals surface area contributed by atoms with Crippen LogP contribution in [-0.2, 0) is 27.1 Å². The van der Waals surface area contributed by atoms with Gasteiger partial charge in [-0.05, 0) is 128 Å². The highest BCUT2D eigenvalue weighted by Crippen LogP contribution is 2.57. The zero-order chi connectivity index (χ0) is 50.4. The number of thiophene rings is 1. The number of anilines is 9. The van der Waals surface area contributed by atoms with Gasteiger partial charge in [0.25, 0.3) is 6.71 Å². The molecule has 0 fully saturated rings. The molecule has 0 atom stereocenters. The highest BCUT2D eigenvalue weighted by Gasteiger charge is 2.51. The molecule has 10 rings (SSSR count). The van der Waals surface area contributed by atoms with E-state index in [4.69, 9.17) is 0 Å². The predicted octanol–water partition coefficient (Wildman–Crippen LogP) is 6.83. The summed E-state index contributed by atoms with van der Waals surface area (Å²) in [6.45, 7) is 31.1. The Morgan fingerprint density at radius 3 is 1.51 bits per heavy atom. The van der Waals surface area contributed by atoms with Crippen LogP contribution in [0.25, 0.3) is 0 Å². The molecule has 3 nitrogen and oxygen atoms in total. The first-order chi connectivity index (χ1) is 32.7. The van der Waals surface area contributed by atoms with Crippen LogP contribution in [0.4, 0.5) is 51.2 Å². The summed E-state index contributed by atoms with van der Waals surface area (Å²) in [6, 6.07) is 42.8. The van der Waals surface area contributed by atoms with Gasteiger partial charge in [0, 0.05) is 49.5 Å². The van der Waals surface area contributed by atoms with Crippen molar-refractivity contribution in [3.05, 3.63) is 136 Å². The molecule has 6 aromatic carbocycles. The second kappa shape index (κ2) is 16.4. The van der Waals surface area contributed by atoms with E-state index in [1.54, 1.807) is 4.88 Å². The van der Waals surface area contributed by atoms with Gasteiger partial charge in [-0.25, -0.2) is 0 Å². The third-order valence-corrected chi connectivity index (χ3v) is 18.4. The molecule has 0 spiro atoms. The first kappa shape index (κ1) is 48.4. The summed E-state index contributed by atoms with van der Waals surface area (Å²) in [4.78, 5) is 9.49. The lowest BCUT2D eigenvalue weighted by molar-refractivity contribution is 0.339. The molecule has 0 saturated carbocycles. The molecule has 0 bridgehead atoms. The van der Waals surface area contributed by atoms with E-state index in [1.165, 1.54) is 112 Å². The fraction of sp³-hybridized carbons (Fsp3) is 0.333. The van der Waals surface area contributed by atoms with Crippen LogP contribution >= 0.6 is 11.3 Å². The molecule has 0 radical (unpaired) electrons. The van der Waals surface area contributed by atoms with Crippen molar-refractivity contribution in [2.24, 2.45) is 0 Å². The SMILES string of the molecule is Bc1c(B)c(B)c(N(c2ccccc2)c2cc3c4c(c2)N(c2ccc(C(C)(C)C)cc2)c2c(sc5c2C(C)(C)CCC5(C)C)B4c2cc(C(C)(C)C)ccc2N3c2ccc(C(C)(C)C)cc2)c(B)c1B. The molecule has 1 aromatic heterocycles. The van der Waals surface area contributed by atoms with Crippen LogP contribution in [0.2, 0.25) is 0 Å². The van der Waals surface area contributed by atoms with E-state index in [-0.39, 0.29) is 33.8 Å². The second-order valence-corrected chi connectivity index (χ2v) is 26.6. The molecule has 350 valence electrons. The Bertz CT molecular complexity index is 3200. The second-order valence-electron chi connectivity index (χ2n) is 25.6. The van der Waals surface area contributed by atoms with E-state index in [1.807, 2.05) is 0 Å². The van der Waals surface area contributed by atoms with E-state index >= 15 is 0 Å². The van der Waals surface area contributed by atoms with Crippen LogP contribution < -0.4 is 57.7 Å². The number of rotatable bonds is 5. The van der Waals surface area contributed by atoms with Crippen molar-refractivity contribution in [2.75, 3.05) is 14.7 Å². The van der Waals surface area contributed by atoms with Gasteiger partial charge in [0.05, 0.1) is 11.4 Å². The molecule has 0 saturated heterocycles. The molecule has 70 heavy (non-hydrogen) atoms. The van der Waals surface area contributed by atoms with Gasteiger partial charge < -0.3 is 14.7 Å². The fourth-order valence-electron chi connectivity index (χ4n) is 11.9. The highest BCUT2D eigenvalue weighted by molar-refractivity contribution is 7.29. The fourth-order valence-corrected chi connectivity index (χ4v) is 13.7. The number of nitrogens with zero attached hydrogens (tertiary/aromatic N) is 3. The van der Waals surface area contributed by atoms with Gasteiger partial charge in [-0.3, -0.25) is 0 Å². The van der Waals surface area contributed by atoms with Crippen LogP contribution in [0.5, 0.6) is 0 Å². The van der Waals surface area contributed by atoms with Crippen molar-refractivity contribution in [3.8, 4) is 0 Å². The number of para-hydroxylation sites is 1. The maximum atomic E-state index is 2.73. The van der Waals surface area contributed by atoms with Gasteiger partial charge in [-0.15, -0.1) is 5.46 Å². The van der Waals surface area contributed by atoms with Crippen molar-refractivity contribution < 1.29 is 0 Å². The van der Waals surface area contributed by atoms with Crippen molar-refractivity contribution in [2.45, 2.75) is 130 Å². The number of fused-ring (bicyclic) bond motifs is 6. The molecule has 2 aliphatic heterocycles. The van der Waals surface area contributed by atoms with Crippen molar-refractivity contribution in [1.82, 2.24) is 0 Å². The number of hydrogen-bond acceptors (Lipinski definition) is 4. The summed E-state index contributed by atoms with van der Waals surface area (Å²) in [5.41, 5.74) is 26.2. The summed E-state index contributed by atoms with van der Waals surface area (Å²) in [6.07, 6.45) is 2.31. The minimum Gasteiger partial charge on any atom is -0.312 e. The Morgan fingerprint density at radius 2 is 0.986 bits per heavy atom. The summed E-state index contributed by atoms with van der Waals surface area (Å²) in [5.74, 6) is 0. The molecular weight excluding hydrogens is 860 g/mol. The molecule has 0 N–H and O–H groups in total. The van der Waals surface area contributed by atoms with Gasteiger partial charge in [-0.2, -0.15) is 11.3 Å². The van der Waals surface area contributed by atoms with Crippen LogP contribution in [-0.4, -0.2) is 45.9 Å². The van der Waals surface area contributed by atoms with Crippen LogP contribution in [0.3, 0.4) is 0 Å². The lowest BCUT2D eigenvalue weighted by Gasteiger charge is -2.46. The maximum absolute atomic E-state index is 2.73. The zero-order valence-corrected chi connectivity index (χ0v) is 46.5. The van der Waals surface area contributed by atoms with E-state index in [2.05, 4.69) is 264 Å². The molecule has 3 aliphatic rings. The van der Waals surface area contributed by atoms with E-state index in [0.29, 0.717) is 0 Å². The Hall–Kier alpha value is -5.19. The maximum Gasteiger partial charge on any atom is 0.264 e. The Morgan fingerprint density at radius 1 is 0.514 bits per heavy atom. The molecule has 7 aromatic rings. The standard InChI is InChI=1S/C60H71B6N3S/c1-56(2,3)34-19-24-38(25-20-34)68-42-28-23-36(58(7,8)9)31-41(42)66-51-43(68)32-40(67(37-17-15-14-16-18-37)53-49(64)47(62)46(61)48(63)50(53)65)33-44(51)69(39-26-21-35(22-27-39)57(4,5)6)52-45-54(70-55(52)66)60(12,13)30-29-59(45,10)11/h14-28,31-33H,29-30,61-65H2,1-13H3. The zero-order valence-electron chi connectivity index (χ0n) is 45.6. The summed E-state index contributed by atoms with van der Waals surface area (Å²) in [5, 5.41) is 0. The lowest BCUT2D eigenvalue weighted by atomic mass is 9.35. The van der Waals surface area contributed by atoms with Crippen molar-refractivity contribution in [1.29, 1.82) is 0 Å². The lowest BCUT2D eigenvalue weighted by Crippen LogP contribution is -2.61. The van der Waals surface area contributed by atoms with Gasteiger partial charge in [0.1, 0.15) is 39.2 Å². The summed E-state index contributed by atoms with van der Waals surface area (Å²) >= 11 is 2.11. The highest BCUT2D eigenvalue weighted by atomic mass is 32.1. The third kappa shape index (κ3) is 7.68. The first-order valence-corrected chi connectivity index (χ1v) is 26.8. The Balaban J connectivity index is 1.40. The minimum absolute atomic E-state index is 0.0245. The predicted molar refractivity (Wildman–Crippen MR) is 325 cm³/mol. The largest absolute Gasteiger partial charge is 0.312 e. The van der Waals surface area contributed by atoms with E-state index in [9.17, 15) is 0 Å². The Labute approximate surface area is 430 Å². The van der Waals surface area contributed by atoms with Crippen LogP contribution in [0.15, 0.2) is 109 Å². The molecule has 0 amide bonds. The number of benzene rings is 6. The Kier molecular flexibility index (Phi) is 11.4. The van der Waals surface area contributed by atoms with Crippen LogP contribution in [0, 0.1) is 0 Å². The average Bonchev–Trinajstić information content (AvgIpc) is 3.73. The summed E-state index contributed by atoms with van der Waals surface area (Å²) in [7, 11) is 11.6. The molecule has 10 heteroatoms. The third-order valence-electron chi connectivity index (χ3n) is 16.8. The van der Waals surface area contributed by atoms with Gasteiger partial charge >= 0.3 is 0 Å². The minimum atomic E-state index is -0.0333. The normalized spacial score (nSPS) is 15.8. The average molecular weight is 931 g/mol. The molecule has 1 aliphatic carbocycles. The van der Waals surface area contributed by atoms with E-state index in [0.717, 1.165) is 17.8 Å². The van der Waals surface area contributed by atoms with Crippen molar-refractivity contribution in [3.63, 3.8) is 0 Å². The number of hydrogen-bond donors (Lipinski definition) is 0. The topological polar surface area (TPSA) is 9.72 Å². The monoisotopic (exact) mass is 932 g/mol. The van der Waals surface area contributed by atoms with Gasteiger partial charge in [0.15, 0.2) is 0 Å². The summed E-state index contributed by atoms with van der Waals surface area (Å²) < 4.78 is 1.47. The molecule has 0 unspecified atom stereocenters. The first-order valence-electron chi connectivity index (χ1n) is 25.9. The van der Waals surface area contributed by atoms with E-state index < -0.39 is 0 Å². The quantitative estimate of drug-likeness (QED) is 0.176. The molecular formula is C60H71B6N3S. The molecule has 3 heterocycles. The van der Waals surface area contributed by atoms with Gasteiger partial charge in [-0.1, -0.05) is 166 Å². The van der Waals surface area contributed by atoms with Crippen LogP contribution in [0.1, 0.15) is 130 Å². The smallest absolute Gasteiger partial charge is 0.264 e. The van der Waals surface area contributed by atoms with Gasteiger partial charge in [0.2, 0.25) is 0 Å².